The minimum Gasteiger partial charge on any atom is -0.377 e. The zero-order valence-electron chi connectivity index (χ0n) is 12.5. The van der Waals surface area contributed by atoms with Gasteiger partial charge in [-0.2, -0.15) is 0 Å². The van der Waals surface area contributed by atoms with Gasteiger partial charge in [-0.1, -0.05) is 5.16 Å². The van der Waals surface area contributed by atoms with Crippen LogP contribution >= 0.6 is 11.3 Å². The Morgan fingerprint density at radius 1 is 1.50 bits per heavy atom. The van der Waals surface area contributed by atoms with Crippen LogP contribution < -0.4 is 5.32 Å². The van der Waals surface area contributed by atoms with Crippen LogP contribution in [0.1, 0.15) is 28.2 Å². The number of thiazole rings is 1. The number of ether oxygens (including phenoxy) is 1. The molecule has 0 unspecified atom stereocenters. The van der Waals surface area contributed by atoms with Crippen molar-refractivity contribution in [2.75, 3.05) is 19.8 Å². The highest BCUT2D eigenvalue weighted by Gasteiger charge is 2.30. The van der Waals surface area contributed by atoms with Crippen molar-refractivity contribution in [2.45, 2.75) is 26.4 Å². The molecule has 0 spiro atoms. The molecule has 118 valence electrons. The van der Waals surface area contributed by atoms with Gasteiger partial charge in [-0.25, -0.2) is 9.78 Å². The average Bonchev–Trinajstić information content (AvgIpc) is 3.13. The van der Waals surface area contributed by atoms with Crippen molar-refractivity contribution >= 4 is 17.4 Å². The van der Waals surface area contributed by atoms with Gasteiger partial charge in [-0.3, -0.25) is 0 Å². The molecule has 22 heavy (non-hydrogen) atoms. The third kappa shape index (κ3) is 3.28. The maximum atomic E-state index is 12.4. The summed E-state index contributed by atoms with van der Waals surface area (Å²) in [5.74, 6) is 0.640. The van der Waals surface area contributed by atoms with Crippen molar-refractivity contribution in [1.82, 2.24) is 20.4 Å². The number of aromatic nitrogens is 2. The fourth-order valence-electron chi connectivity index (χ4n) is 2.34. The number of aryl methyl sites for hydroxylation is 2. The molecule has 2 amide bonds. The van der Waals surface area contributed by atoms with Crippen molar-refractivity contribution in [2.24, 2.45) is 0 Å². The molecule has 7 nitrogen and oxygen atoms in total. The number of morpholine rings is 1. The number of nitrogens with one attached hydrogen (secondary N) is 1. The Balaban J connectivity index is 1.66. The van der Waals surface area contributed by atoms with Crippen LogP contribution in [0.5, 0.6) is 0 Å². The molecule has 1 N–H and O–H groups in total. The third-order valence-corrected chi connectivity index (χ3v) is 4.47. The van der Waals surface area contributed by atoms with Crippen LogP contribution in [0.3, 0.4) is 0 Å². The molecular weight excluding hydrogens is 304 g/mol. The summed E-state index contributed by atoms with van der Waals surface area (Å²) in [4.78, 5) is 18.7. The number of nitrogens with zero attached hydrogens (tertiary/aromatic N) is 3. The van der Waals surface area contributed by atoms with Crippen molar-refractivity contribution in [3.8, 4) is 0 Å². The summed E-state index contributed by atoms with van der Waals surface area (Å²) < 4.78 is 10.6. The van der Waals surface area contributed by atoms with E-state index in [9.17, 15) is 4.79 Å². The van der Waals surface area contributed by atoms with E-state index in [1.54, 1.807) is 22.3 Å². The Bertz CT molecular complexity index is 654. The number of hydrogen-bond acceptors (Lipinski definition) is 6. The van der Waals surface area contributed by atoms with Gasteiger partial charge in [0.15, 0.2) is 5.76 Å². The molecular formula is C14H18N4O3S. The van der Waals surface area contributed by atoms with Gasteiger partial charge in [-0.05, 0) is 13.8 Å². The summed E-state index contributed by atoms with van der Waals surface area (Å²) in [5, 5.41) is 9.56. The molecule has 1 fully saturated rings. The number of rotatable bonds is 3. The van der Waals surface area contributed by atoms with Crippen molar-refractivity contribution in [3.63, 3.8) is 0 Å². The van der Waals surface area contributed by atoms with Gasteiger partial charge in [0, 0.05) is 23.7 Å². The Labute approximate surface area is 132 Å². The van der Waals surface area contributed by atoms with E-state index in [0.717, 1.165) is 16.4 Å². The second-order valence-corrected chi connectivity index (χ2v) is 6.09. The van der Waals surface area contributed by atoms with Crippen molar-refractivity contribution in [1.29, 1.82) is 0 Å². The maximum absolute atomic E-state index is 12.4. The summed E-state index contributed by atoms with van der Waals surface area (Å²) in [6.45, 7) is 5.67. The number of urea groups is 1. The quantitative estimate of drug-likeness (QED) is 0.935. The summed E-state index contributed by atoms with van der Waals surface area (Å²) in [5.41, 5.74) is 1.76. The predicted octanol–water partition coefficient (Wildman–Crippen LogP) is 2.03. The highest BCUT2D eigenvalue weighted by molar-refractivity contribution is 7.09. The normalized spacial score (nSPS) is 18.5. The van der Waals surface area contributed by atoms with Crippen molar-refractivity contribution in [3.05, 3.63) is 33.6 Å². The van der Waals surface area contributed by atoms with Gasteiger partial charge < -0.3 is 19.5 Å². The molecule has 1 atom stereocenters. The molecule has 1 saturated heterocycles. The van der Waals surface area contributed by atoms with Crippen LogP contribution in [0.25, 0.3) is 0 Å². The Hall–Kier alpha value is -1.93. The van der Waals surface area contributed by atoms with Crippen LogP contribution in [-0.2, 0) is 11.3 Å². The minimum absolute atomic E-state index is 0.135. The van der Waals surface area contributed by atoms with E-state index in [0.29, 0.717) is 32.1 Å². The van der Waals surface area contributed by atoms with Gasteiger partial charge >= 0.3 is 6.03 Å². The van der Waals surface area contributed by atoms with E-state index >= 15 is 0 Å². The lowest BCUT2D eigenvalue weighted by molar-refractivity contribution is 0.0114. The zero-order valence-corrected chi connectivity index (χ0v) is 13.4. The van der Waals surface area contributed by atoms with E-state index < -0.39 is 0 Å². The van der Waals surface area contributed by atoms with Gasteiger partial charge in [-0.15, -0.1) is 11.3 Å². The molecule has 3 heterocycles. The van der Waals surface area contributed by atoms with E-state index in [1.807, 2.05) is 19.2 Å². The standard InChI is InChI=1S/C14H18N4O3S/c1-9-5-11(21-17-9)6-15-14(19)18-3-4-20-7-12(18)13-16-10(2)8-22-13/h5,8,12H,3-4,6-7H2,1-2H3,(H,15,19)/t12-/m1/s1. The van der Waals surface area contributed by atoms with Crippen LogP contribution in [0.15, 0.2) is 16.0 Å². The number of amides is 2. The van der Waals surface area contributed by atoms with Crippen LogP contribution in [0, 0.1) is 13.8 Å². The zero-order chi connectivity index (χ0) is 15.5. The average molecular weight is 322 g/mol. The fraction of sp³-hybridized carbons (Fsp3) is 0.500. The third-order valence-electron chi connectivity index (χ3n) is 3.40. The highest BCUT2D eigenvalue weighted by Crippen LogP contribution is 2.26. The molecule has 1 aliphatic rings. The van der Waals surface area contributed by atoms with Crippen molar-refractivity contribution < 1.29 is 14.1 Å². The number of carbonyl (C=O) groups is 1. The van der Waals surface area contributed by atoms with E-state index in [4.69, 9.17) is 9.26 Å². The molecule has 0 aliphatic carbocycles. The largest absolute Gasteiger partial charge is 0.377 e. The molecule has 2 aromatic rings. The van der Waals surface area contributed by atoms with Gasteiger partial charge in [0.1, 0.15) is 11.0 Å². The minimum atomic E-state index is -0.143. The van der Waals surface area contributed by atoms with Crippen LogP contribution in [0.4, 0.5) is 4.79 Å². The molecule has 3 rings (SSSR count). The lowest BCUT2D eigenvalue weighted by Gasteiger charge is -2.34. The van der Waals surface area contributed by atoms with Gasteiger partial charge in [0.25, 0.3) is 0 Å². The Morgan fingerprint density at radius 3 is 3.05 bits per heavy atom. The fourth-order valence-corrected chi connectivity index (χ4v) is 3.23. The SMILES string of the molecule is Cc1cc(CNC(=O)N2CCOC[C@@H]2c2nc(C)cs2)on1. The maximum Gasteiger partial charge on any atom is 0.318 e. The highest BCUT2D eigenvalue weighted by atomic mass is 32.1. The second-order valence-electron chi connectivity index (χ2n) is 5.20. The molecule has 0 radical (unpaired) electrons. The lowest BCUT2D eigenvalue weighted by atomic mass is 10.2. The molecule has 2 aromatic heterocycles. The van der Waals surface area contributed by atoms with E-state index in [-0.39, 0.29) is 12.1 Å². The summed E-state index contributed by atoms with van der Waals surface area (Å²) in [6.07, 6.45) is 0. The monoisotopic (exact) mass is 322 g/mol. The predicted molar refractivity (Wildman–Crippen MR) is 80.6 cm³/mol. The van der Waals surface area contributed by atoms with Gasteiger partial charge in [0.2, 0.25) is 0 Å². The first-order valence-corrected chi connectivity index (χ1v) is 7.98. The summed E-state index contributed by atoms with van der Waals surface area (Å²) >= 11 is 1.55. The Kier molecular flexibility index (Phi) is 4.39. The second kappa shape index (κ2) is 6.45. The smallest absolute Gasteiger partial charge is 0.318 e. The van der Waals surface area contributed by atoms with Gasteiger partial charge in [0.05, 0.1) is 25.5 Å². The lowest BCUT2D eigenvalue weighted by Crippen LogP contribution is -2.47. The molecule has 0 aromatic carbocycles. The molecule has 8 heteroatoms. The topological polar surface area (TPSA) is 80.5 Å². The number of carbonyl (C=O) groups excluding carboxylic acids is 1. The van der Waals surface area contributed by atoms with E-state index in [2.05, 4.69) is 15.5 Å². The molecule has 0 bridgehead atoms. The summed E-state index contributed by atoms with van der Waals surface area (Å²) in [6, 6.07) is 1.53. The number of hydrogen-bond donors (Lipinski definition) is 1. The first-order valence-electron chi connectivity index (χ1n) is 7.10. The van der Waals surface area contributed by atoms with Crippen LogP contribution in [-0.4, -0.2) is 40.8 Å². The van der Waals surface area contributed by atoms with Crippen LogP contribution in [0.2, 0.25) is 0 Å². The van der Waals surface area contributed by atoms with E-state index in [1.165, 1.54) is 0 Å². The first-order chi connectivity index (χ1) is 10.6. The molecule has 1 aliphatic heterocycles. The Morgan fingerprint density at radius 2 is 2.36 bits per heavy atom. The molecule has 0 saturated carbocycles. The first kappa shape index (κ1) is 15.0. The summed E-state index contributed by atoms with van der Waals surface area (Å²) in [7, 11) is 0.